The second-order valence-electron chi connectivity index (χ2n) is 5.55. The number of nitrogens with two attached hydrogens (primary N) is 1. The predicted octanol–water partition coefficient (Wildman–Crippen LogP) is 2.65. The standard InChI is InChI=1S/C16H26N2O3/c1-11(2)7-12(10-17)8-16(19)18-14-6-5-13(20-3)9-15(14)21-4/h5-6,9,11-12H,7-8,10,17H2,1-4H3,(H,18,19). The number of rotatable bonds is 8. The lowest BCUT2D eigenvalue weighted by Crippen LogP contribution is -2.23. The highest BCUT2D eigenvalue weighted by atomic mass is 16.5. The number of amides is 1. The van der Waals surface area contributed by atoms with Gasteiger partial charge in [-0.3, -0.25) is 4.79 Å². The molecule has 0 bridgehead atoms. The van der Waals surface area contributed by atoms with Gasteiger partial charge in [0.15, 0.2) is 0 Å². The lowest BCUT2D eigenvalue weighted by Gasteiger charge is -2.17. The summed E-state index contributed by atoms with van der Waals surface area (Å²) in [5.41, 5.74) is 6.38. The number of anilines is 1. The number of carbonyl (C=O) groups excluding carboxylic acids is 1. The Balaban J connectivity index is 2.69. The van der Waals surface area contributed by atoms with Crippen molar-refractivity contribution in [3.63, 3.8) is 0 Å². The predicted molar refractivity (Wildman–Crippen MR) is 84.8 cm³/mol. The van der Waals surface area contributed by atoms with Gasteiger partial charge < -0.3 is 20.5 Å². The number of benzene rings is 1. The Kier molecular flexibility index (Phi) is 7.02. The van der Waals surface area contributed by atoms with Gasteiger partial charge in [-0.25, -0.2) is 0 Å². The van der Waals surface area contributed by atoms with Crippen LogP contribution < -0.4 is 20.5 Å². The normalized spacial score (nSPS) is 12.1. The molecule has 1 amide bonds. The summed E-state index contributed by atoms with van der Waals surface area (Å²) in [7, 11) is 3.15. The third-order valence-electron chi connectivity index (χ3n) is 3.29. The quantitative estimate of drug-likeness (QED) is 0.773. The lowest BCUT2D eigenvalue weighted by atomic mass is 9.94. The molecule has 1 atom stereocenters. The Morgan fingerprint density at radius 1 is 1.29 bits per heavy atom. The van der Waals surface area contributed by atoms with Gasteiger partial charge in [0.25, 0.3) is 0 Å². The zero-order valence-electron chi connectivity index (χ0n) is 13.3. The van der Waals surface area contributed by atoms with Crippen molar-refractivity contribution in [2.24, 2.45) is 17.6 Å². The number of ether oxygens (including phenoxy) is 2. The molecule has 0 aliphatic carbocycles. The van der Waals surface area contributed by atoms with Crippen LogP contribution in [0.4, 0.5) is 5.69 Å². The van der Waals surface area contributed by atoms with Crippen molar-refractivity contribution in [2.75, 3.05) is 26.1 Å². The van der Waals surface area contributed by atoms with E-state index in [0.717, 1.165) is 6.42 Å². The fourth-order valence-corrected chi connectivity index (χ4v) is 2.29. The van der Waals surface area contributed by atoms with Crippen LogP contribution in [0.3, 0.4) is 0 Å². The zero-order valence-corrected chi connectivity index (χ0v) is 13.3. The molecular weight excluding hydrogens is 268 g/mol. The molecular formula is C16H26N2O3. The minimum absolute atomic E-state index is 0.0467. The van der Waals surface area contributed by atoms with E-state index in [0.29, 0.717) is 36.1 Å². The van der Waals surface area contributed by atoms with Crippen LogP contribution >= 0.6 is 0 Å². The van der Waals surface area contributed by atoms with Crippen LogP contribution in [-0.2, 0) is 4.79 Å². The molecule has 1 unspecified atom stereocenters. The maximum absolute atomic E-state index is 12.1. The average molecular weight is 294 g/mol. The van der Waals surface area contributed by atoms with E-state index >= 15 is 0 Å². The van der Waals surface area contributed by atoms with E-state index in [4.69, 9.17) is 15.2 Å². The third kappa shape index (κ3) is 5.63. The van der Waals surface area contributed by atoms with Crippen molar-refractivity contribution in [1.82, 2.24) is 0 Å². The van der Waals surface area contributed by atoms with Gasteiger partial charge in [0.05, 0.1) is 19.9 Å². The molecule has 0 aliphatic rings. The molecule has 1 rings (SSSR count). The van der Waals surface area contributed by atoms with Crippen molar-refractivity contribution in [3.05, 3.63) is 18.2 Å². The van der Waals surface area contributed by atoms with Crippen LogP contribution in [0.15, 0.2) is 18.2 Å². The highest BCUT2D eigenvalue weighted by Gasteiger charge is 2.15. The molecule has 3 N–H and O–H groups in total. The highest BCUT2D eigenvalue weighted by molar-refractivity contribution is 5.92. The number of carbonyl (C=O) groups is 1. The second kappa shape index (κ2) is 8.52. The SMILES string of the molecule is COc1ccc(NC(=O)CC(CN)CC(C)C)c(OC)c1. The molecule has 0 aromatic heterocycles. The molecule has 1 aromatic carbocycles. The molecule has 21 heavy (non-hydrogen) atoms. The lowest BCUT2D eigenvalue weighted by molar-refractivity contribution is -0.117. The molecule has 0 aliphatic heterocycles. The first-order valence-corrected chi connectivity index (χ1v) is 7.22. The molecule has 0 spiro atoms. The molecule has 0 saturated carbocycles. The van der Waals surface area contributed by atoms with Gasteiger partial charge in [-0.1, -0.05) is 13.8 Å². The van der Waals surface area contributed by atoms with E-state index in [9.17, 15) is 4.79 Å². The van der Waals surface area contributed by atoms with Gasteiger partial charge in [0.1, 0.15) is 11.5 Å². The first-order valence-electron chi connectivity index (χ1n) is 7.22. The van der Waals surface area contributed by atoms with Crippen LogP contribution in [0.1, 0.15) is 26.7 Å². The summed E-state index contributed by atoms with van der Waals surface area (Å²) < 4.78 is 10.4. The monoisotopic (exact) mass is 294 g/mol. The van der Waals surface area contributed by atoms with Gasteiger partial charge in [-0.2, -0.15) is 0 Å². The molecule has 5 nitrogen and oxygen atoms in total. The molecule has 0 heterocycles. The Labute approximate surface area is 126 Å². The fourth-order valence-electron chi connectivity index (χ4n) is 2.29. The summed E-state index contributed by atoms with van der Waals surface area (Å²) in [6, 6.07) is 5.30. The van der Waals surface area contributed by atoms with E-state index in [-0.39, 0.29) is 11.8 Å². The van der Waals surface area contributed by atoms with Crippen LogP contribution in [0.5, 0.6) is 11.5 Å². The number of methoxy groups -OCH3 is 2. The summed E-state index contributed by atoms with van der Waals surface area (Å²) in [6.07, 6.45) is 1.37. The van der Waals surface area contributed by atoms with Crippen LogP contribution in [0.2, 0.25) is 0 Å². The van der Waals surface area contributed by atoms with E-state index in [1.807, 2.05) is 0 Å². The average Bonchev–Trinajstić information content (AvgIpc) is 2.46. The van der Waals surface area contributed by atoms with E-state index < -0.39 is 0 Å². The van der Waals surface area contributed by atoms with Crippen molar-refractivity contribution in [3.8, 4) is 11.5 Å². The van der Waals surface area contributed by atoms with Gasteiger partial charge in [0, 0.05) is 12.5 Å². The third-order valence-corrected chi connectivity index (χ3v) is 3.29. The fraction of sp³-hybridized carbons (Fsp3) is 0.562. The van der Waals surface area contributed by atoms with Gasteiger partial charge in [-0.05, 0) is 36.9 Å². The van der Waals surface area contributed by atoms with Crippen molar-refractivity contribution >= 4 is 11.6 Å². The minimum atomic E-state index is -0.0467. The molecule has 0 radical (unpaired) electrons. The maximum Gasteiger partial charge on any atom is 0.224 e. The van der Waals surface area contributed by atoms with Crippen molar-refractivity contribution in [2.45, 2.75) is 26.7 Å². The van der Waals surface area contributed by atoms with Crippen LogP contribution in [0.25, 0.3) is 0 Å². The van der Waals surface area contributed by atoms with E-state index in [1.165, 1.54) is 0 Å². The highest BCUT2D eigenvalue weighted by Crippen LogP contribution is 2.29. The van der Waals surface area contributed by atoms with Gasteiger partial charge in [-0.15, -0.1) is 0 Å². The smallest absolute Gasteiger partial charge is 0.224 e. The summed E-state index contributed by atoms with van der Waals surface area (Å²) in [6.45, 7) is 4.78. The van der Waals surface area contributed by atoms with Crippen LogP contribution in [-0.4, -0.2) is 26.7 Å². The van der Waals surface area contributed by atoms with E-state index in [1.54, 1.807) is 32.4 Å². The largest absolute Gasteiger partial charge is 0.497 e. The summed E-state index contributed by atoms with van der Waals surface area (Å²) >= 11 is 0. The topological polar surface area (TPSA) is 73.6 Å². The Bertz CT molecular complexity index is 461. The summed E-state index contributed by atoms with van der Waals surface area (Å²) in [4.78, 5) is 12.1. The molecule has 0 saturated heterocycles. The van der Waals surface area contributed by atoms with Crippen LogP contribution in [0, 0.1) is 11.8 Å². The number of nitrogens with one attached hydrogen (secondary N) is 1. The summed E-state index contributed by atoms with van der Waals surface area (Å²) in [5, 5.41) is 2.88. The number of hydrogen-bond donors (Lipinski definition) is 2. The zero-order chi connectivity index (χ0) is 15.8. The van der Waals surface area contributed by atoms with Gasteiger partial charge >= 0.3 is 0 Å². The number of hydrogen-bond acceptors (Lipinski definition) is 4. The Morgan fingerprint density at radius 3 is 2.52 bits per heavy atom. The molecule has 5 heteroatoms. The minimum Gasteiger partial charge on any atom is -0.497 e. The van der Waals surface area contributed by atoms with Crippen molar-refractivity contribution < 1.29 is 14.3 Å². The van der Waals surface area contributed by atoms with Crippen molar-refractivity contribution in [1.29, 1.82) is 0 Å². The Hall–Kier alpha value is -1.75. The molecule has 118 valence electrons. The Morgan fingerprint density at radius 2 is 2.00 bits per heavy atom. The van der Waals surface area contributed by atoms with Gasteiger partial charge in [0.2, 0.25) is 5.91 Å². The van der Waals surface area contributed by atoms with E-state index in [2.05, 4.69) is 19.2 Å². The molecule has 0 fully saturated rings. The second-order valence-corrected chi connectivity index (χ2v) is 5.55. The maximum atomic E-state index is 12.1. The first-order chi connectivity index (χ1) is 9.99. The first kappa shape index (κ1) is 17.3. The summed E-state index contributed by atoms with van der Waals surface area (Å²) in [5.74, 6) is 1.95. The molecule has 1 aromatic rings.